The number of halogens is 1. The number of aryl methyl sites for hydroxylation is 1. The predicted octanol–water partition coefficient (Wildman–Crippen LogP) is 4.43. The third-order valence-electron chi connectivity index (χ3n) is 5.14. The van der Waals surface area contributed by atoms with E-state index in [1.165, 1.54) is 0 Å². The third-order valence-corrected chi connectivity index (χ3v) is 5.39. The lowest BCUT2D eigenvalue weighted by atomic mass is 10.00. The van der Waals surface area contributed by atoms with Crippen LogP contribution >= 0.6 is 11.6 Å². The Balaban J connectivity index is 1.93. The molecule has 0 radical (unpaired) electrons. The van der Waals surface area contributed by atoms with Gasteiger partial charge in [-0.1, -0.05) is 23.7 Å². The van der Waals surface area contributed by atoms with E-state index in [4.69, 9.17) is 21.3 Å². The number of rotatable bonds is 6. The maximum Gasteiger partial charge on any atom is 0.222 e. The molecule has 1 aliphatic heterocycles. The summed E-state index contributed by atoms with van der Waals surface area (Å²) in [6.07, 6.45) is 0.210. The van der Waals surface area contributed by atoms with Crippen LogP contribution in [0.2, 0.25) is 5.02 Å². The minimum Gasteiger partial charge on any atom is -0.491 e. The van der Waals surface area contributed by atoms with Crippen molar-refractivity contribution in [2.45, 2.75) is 46.3 Å². The fourth-order valence-electron chi connectivity index (χ4n) is 3.84. The summed E-state index contributed by atoms with van der Waals surface area (Å²) in [5, 5.41) is 12.2. The molecule has 0 fully saturated rings. The Hall–Kier alpha value is -3.19. The number of aromatic nitrogens is 3. The van der Waals surface area contributed by atoms with E-state index in [9.17, 15) is 4.79 Å². The average molecular weight is 452 g/mol. The normalized spacial score (nSPS) is 14.9. The van der Waals surface area contributed by atoms with E-state index in [2.05, 4.69) is 15.5 Å². The summed E-state index contributed by atoms with van der Waals surface area (Å²) in [6, 6.07) is 13.0. The molecular formula is C24H26ClN5O2. The molecule has 0 bridgehead atoms. The van der Waals surface area contributed by atoms with Crippen LogP contribution < -0.4 is 10.1 Å². The number of aliphatic imine (C=N–C) groups is 1. The second-order valence-electron chi connectivity index (χ2n) is 7.94. The van der Waals surface area contributed by atoms with Gasteiger partial charge in [0, 0.05) is 28.8 Å². The number of fused-ring (bicyclic) bond motifs is 3. The highest BCUT2D eigenvalue weighted by molar-refractivity contribution is 6.30. The minimum absolute atomic E-state index is 0.0372. The zero-order chi connectivity index (χ0) is 22.8. The second kappa shape index (κ2) is 9.12. The highest BCUT2D eigenvalue weighted by Gasteiger charge is 2.30. The summed E-state index contributed by atoms with van der Waals surface area (Å²) in [6.45, 7) is 8.33. The van der Waals surface area contributed by atoms with Crippen LogP contribution in [0.3, 0.4) is 0 Å². The smallest absolute Gasteiger partial charge is 0.222 e. The highest BCUT2D eigenvalue weighted by atomic mass is 35.5. The quantitative estimate of drug-likeness (QED) is 0.600. The van der Waals surface area contributed by atoms with Crippen molar-refractivity contribution in [3.8, 4) is 11.4 Å². The van der Waals surface area contributed by atoms with Crippen LogP contribution in [0.1, 0.15) is 56.0 Å². The molecule has 2 heterocycles. The monoisotopic (exact) mass is 451 g/mol. The van der Waals surface area contributed by atoms with Gasteiger partial charge < -0.3 is 10.1 Å². The summed E-state index contributed by atoms with van der Waals surface area (Å²) in [4.78, 5) is 17.5. The van der Waals surface area contributed by atoms with Crippen LogP contribution in [0.4, 0.5) is 0 Å². The molecule has 0 spiro atoms. The second-order valence-corrected chi connectivity index (χ2v) is 8.38. The van der Waals surface area contributed by atoms with E-state index in [0.717, 1.165) is 34.1 Å². The standard InChI is InChI=1S/C24H26ClN5O2/c1-5-26-22(31)13-20-24-29-28-15(4)30(24)21-12-18(32-14(2)3)10-11-19(21)23(27-20)16-6-8-17(25)9-7-16/h6-12,14,20H,5,13H2,1-4H3,(H,26,31)/t20-/m0/s1. The number of hydrogen-bond donors (Lipinski definition) is 1. The van der Waals surface area contributed by atoms with Crippen molar-refractivity contribution in [1.82, 2.24) is 20.1 Å². The zero-order valence-electron chi connectivity index (χ0n) is 18.6. The first kappa shape index (κ1) is 22.0. The third kappa shape index (κ3) is 4.39. The molecule has 3 aromatic rings. The molecule has 0 unspecified atom stereocenters. The largest absolute Gasteiger partial charge is 0.491 e. The fourth-order valence-corrected chi connectivity index (χ4v) is 3.96. The van der Waals surface area contributed by atoms with Crippen molar-refractivity contribution in [3.05, 3.63) is 70.3 Å². The number of amides is 1. The summed E-state index contributed by atoms with van der Waals surface area (Å²) in [5.74, 6) is 2.01. The molecule has 4 rings (SSSR count). The van der Waals surface area contributed by atoms with Crippen LogP contribution in [0.5, 0.6) is 5.75 Å². The topological polar surface area (TPSA) is 81.4 Å². The van der Waals surface area contributed by atoms with Gasteiger partial charge in [0.05, 0.1) is 23.9 Å². The maximum atomic E-state index is 12.5. The highest BCUT2D eigenvalue weighted by Crippen LogP contribution is 2.34. The molecular weight excluding hydrogens is 426 g/mol. The predicted molar refractivity (Wildman–Crippen MR) is 125 cm³/mol. The number of nitrogens with one attached hydrogen (secondary N) is 1. The molecule has 8 heteroatoms. The van der Waals surface area contributed by atoms with E-state index in [-0.39, 0.29) is 18.4 Å². The maximum absolute atomic E-state index is 12.5. The van der Waals surface area contributed by atoms with E-state index < -0.39 is 6.04 Å². The lowest BCUT2D eigenvalue weighted by Crippen LogP contribution is -2.25. The van der Waals surface area contributed by atoms with Crippen molar-refractivity contribution >= 4 is 23.2 Å². The first-order chi connectivity index (χ1) is 15.4. The Kier molecular flexibility index (Phi) is 6.28. The molecule has 1 aromatic heterocycles. The van der Waals surface area contributed by atoms with Crippen LogP contribution in [0, 0.1) is 6.92 Å². The van der Waals surface area contributed by atoms with E-state index in [1.54, 1.807) is 0 Å². The number of hydrogen-bond acceptors (Lipinski definition) is 5. The molecule has 1 atom stereocenters. The van der Waals surface area contributed by atoms with Gasteiger partial charge in [-0.25, -0.2) is 0 Å². The van der Waals surface area contributed by atoms with E-state index in [0.29, 0.717) is 17.4 Å². The Bertz CT molecular complexity index is 1170. The summed E-state index contributed by atoms with van der Waals surface area (Å²) in [7, 11) is 0. The molecule has 32 heavy (non-hydrogen) atoms. The van der Waals surface area contributed by atoms with Gasteiger partial charge in [-0.05, 0) is 52.0 Å². The Morgan fingerprint density at radius 2 is 1.94 bits per heavy atom. The van der Waals surface area contributed by atoms with Crippen LogP contribution in [-0.4, -0.2) is 39.0 Å². The fraction of sp³-hybridized carbons (Fsp3) is 0.333. The minimum atomic E-state index is -0.490. The average Bonchev–Trinajstić information content (AvgIpc) is 3.07. The van der Waals surface area contributed by atoms with Crippen LogP contribution in [0.25, 0.3) is 5.69 Å². The first-order valence-corrected chi connectivity index (χ1v) is 11.1. The van der Waals surface area contributed by atoms with Gasteiger partial charge in [-0.15, -0.1) is 10.2 Å². The van der Waals surface area contributed by atoms with Crippen molar-refractivity contribution in [3.63, 3.8) is 0 Å². The van der Waals surface area contributed by atoms with Crippen LogP contribution in [0.15, 0.2) is 47.5 Å². The first-order valence-electron chi connectivity index (χ1n) is 10.7. The molecule has 1 aliphatic rings. The van der Waals surface area contributed by atoms with Gasteiger partial charge in [0.1, 0.15) is 17.6 Å². The SMILES string of the molecule is CCNC(=O)C[C@@H]1N=C(c2ccc(Cl)cc2)c2ccc(OC(C)C)cc2-n2c(C)nnc21. The van der Waals surface area contributed by atoms with Gasteiger partial charge >= 0.3 is 0 Å². The van der Waals surface area contributed by atoms with E-state index in [1.807, 2.05) is 74.7 Å². The molecule has 1 N–H and O–H groups in total. The molecule has 166 valence electrons. The van der Waals surface area contributed by atoms with Gasteiger partial charge in [0.15, 0.2) is 5.82 Å². The van der Waals surface area contributed by atoms with Gasteiger partial charge in [-0.3, -0.25) is 14.4 Å². The summed E-state index contributed by atoms with van der Waals surface area (Å²) >= 11 is 6.13. The van der Waals surface area contributed by atoms with Crippen LogP contribution in [-0.2, 0) is 4.79 Å². The van der Waals surface area contributed by atoms with Crippen molar-refractivity contribution in [2.75, 3.05) is 6.54 Å². The number of carbonyl (C=O) groups is 1. The Morgan fingerprint density at radius 3 is 2.62 bits per heavy atom. The van der Waals surface area contributed by atoms with Gasteiger partial charge in [0.2, 0.25) is 5.91 Å². The van der Waals surface area contributed by atoms with Crippen molar-refractivity contribution in [1.29, 1.82) is 0 Å². The van der Waals surface area contributed by atoms with Crippen molar-refractivity contribution < 1.29 is 9.53 Å². The van der Waals surface area contributed by atoms with Crippen molar-refractivity contribution in [2.24, 2.45) is 4.99 Å². The molecule has 2 aromatic carbocycles. The lowest BCUT2D eigenvalue weighted by molar-refractivity contribution is -0.121. The number of ether oxygens (including phenoxy) is 1. The Morgan fingerprint density at radius 1 is 1.19 bits per heavy atom. The van der Waals surface area contributed by atoms with E-state index >= 15 is 0 Å². The van der Waals surface area contributed by atoms with Gasteiger partial charge in [-0.2, -0.15) is 0 Å². The molecule has 0 saturated carbocycles. The molecule has 1 amide bonds. The Labute approximate surface area is 192 Å². The zero-order valence-corrected chi connectivity index (χ0v) is 19.3. The molecule has 7 nitrogen and oxygen atoms in total. The molecule has 0 aliphatic carbocycles. The number of nitrogens with zero attached hydrogens (tertiary/aromatic N) is 4. The van der Waals surface area contributed by atoms with Gasteiger partial charge in [0.25, 0.3) is 0 Å². The summed E-state index contributed by atoms with van der Waals surface area (Å²) in [5.41, 5.74) is 3.45. The molecule has 0 saturated heterocycles. The lowest BCUT2D eigenvalue weighted by Gasteiger charge is -2.16. The number of benzene rings is 2. The number of carbonyl (C=O) groups excluding carboxylic acids is 1. The summed E-state index contributed by atoms with van der Waals surface area (Å²) < 4.78 is 7.93.